The Kier molecular flexibility index (Phi) is 4.11. The lowest BCUT2D eigenvalue weighted by Crippen LogP contribution is -2.25. The van der Waals surface area contributed by atoms with Gasteiger partial charge >= 0.3 is 5.97 Å². The Morgan fingerprint density at radius 3 is 3.07 bits per heavy atom. The zero-order valence-electron chi connectivity index (χ0n) is 8.17. The molecule has 0 fully saturated rings. The molecule has 1 aromatic rings. The van der Waals surface area contributed by atoms with Gasteiger partial charge in [-0.3, -0.25) is 4.98 Å². The van der Waals surface area contributed by atoms with Crippen LogP contribution >= 0.6 is 12.6 Å². The van der Waals surface area contributed by atoms with Crippen molar-refractivity contribution in [1.29, 1.82) is 0 Å². The summed E-state index contributed by atoms with van der Waals surface area (Å²) in [6.45, 7) is 1.95. The molecule has 15 heavy (non-hydrogen) atoms. The quantitative estimate of drug-likeness (QED) is 0.339. The Balaban J connectivity index is 2.88. The van der Waals surface area contributed by atoms with Crippen LogP contribution < -0.4 is 5.73 Å². The van der Waals surface area contributed by atoms with E-state index in [2.05, 4.69) is 27.3 Å². The third-order valence-electron chi connectivity index (χ3n) is 1.50. The van der Waals surface area contributed by atoms with Gasteiger partial charge in [0.05, 0.1) is 18.5 Å². The predicted molar refractivity (Wildman–Crippen MR) is 59.4 cm³/mol. The van der Waals surface area contributed by atoms with Crippen molar-refractivity contribution in [3.05, 3.63) is 18.5 Å². The number of carbonyl (C=O) groups excluding carboxylic acids is 1. The molecule has 0 aliphatic heterocycles. The van der Waals surface area contributed by atoms with Crippen molar-refractivity contribution < 1.29 is 9.53 Å². The van der Waals surface area contributed by atoms with Crippen LogP contribution in [0.1, 0.15) is 6.92 Å². The molecule has 0 atom stereocenters. The molecule has 0 aromatic carbocycles. The molecule has 1 rings (SSSR count). The van der Waals surface area contributed by atoms with Gasteiger partial charge in [-0.1, -0.05) is 0 Å². The van der Waals surface area contributed by atoms with E-state index in [0.717, 1.165) is 0 Å². The molecule has 0 aliphatic carbocycles. The summed E-state index contributed by atoms with van der Waals surface area (Å²) in [5.41, 5.74) is 5.85. The molecule has 6 heteroatoms. The minimum absolute atomic E-state index is 0.208. The van der Waals surface area contributed by atoms with E-state index in [1.54, 1.807) is 19.2 Å². The van der Waals surface area contributed by atoms with Crippen LogP contribution in [-0.4, -0.2) is 23.4 Å². The third-order valence-corrected chi connectivity index (χ3v) is 1.88. The molecule has 0 radical (unpaired) electrons. The molecular weight excluding hydrogens is 214 g/mol. The molecule has 80 valence electrons. The van der Waals surface area contributed by atoms with Crippen molar-refractivity contribution in [3.8, 4) is 0 Å². The Hall–Kier alpha value is -1.56. The Bertz CT molecular complexity index is 393. The van der Waals surface area contributed by atoms with Crippen LogP contribution in [0.15, 0.2) is 28.3 Å². The molecule has 0 spiro atoms. The van der Waals surface area contributed by atoms with Crippen molar-refractivity contribution in [3.63, 3.8) is 0 Å². The highest BCUT2D eigenvalue weighted by molar-refractivity contribution is 7.80. The second kappa shape index (κ2) is 5.35. The van der Waals surface area contributed by atoms with Crippen LogP contribution in [0.2, 0.25) is 0 Å². The van der Waals surface area contributed by atoms with Gasteiger partial charge in [0.15, 0.2) is 0 Å². The first-order chi connectivity index (χ1) is 7.15. The van der Waals surface area contributed by atoms with Gasteiger partial charge in [0.1, 0.15) is 0 Å². The first-order valence-electron chi connectivity index (χ1n) is 4.29. The van der Waals surface area contributed by atoms with Gasteiger partial charge in [0.25, 0.3) is 0 Å². The SMILES string of the molecule is CCOC(=O)/C(N)=N/c1cnccc1S. The first kappa shape index (κ1) is 11.5. The minimum atomic E-state index is -0.644. The fraction of sp³-hybridized carbons (Fsp3) is 0.222. The number of rotatable bonds is 2. The van der Waals surface area contributed by atoms with E-state index in [0.29, 0.717) is 10.6 Å². The normalized spacial score (nSPS) is 11.2. The summed E-state index contributed by atoms with van der Waals surface area (Å²) in [5, 5.41) is 0. The summed E-state index contributed by atoms with van der Waals surface area (Å²) in [5.74, 6) is -0.853. The molecular formula is C9H11N3O2S. The van der Waals surface area contributed by atoms with E-state index in [1.807, 2.05) is 0 Å². The van der Waals surface area contributed by atoms with Crippen molar-refractivity contribution in [2.75, 3.05) is 6.61 Å². The van der Waals surface area contributed by atoms with Gasteiger partial charge in [0.2, 0.25) is 5.84 Å². The first-order valence-corrected chi connectivity index (χ1v) is 4.74. The summed E-state index contributed by atoms with van der Waals surface area (Å²) in [4.78, 5) is 19.4. The number of aliphatic imine (C=N–C) groups is 1. The lowest BCUT2D eigenvalue weighted by atomic mass is 10.4. The van der Waals surface area contributed by atoms with Crippen molar-refractivity contribution in [1.82, 2.24) is 4.98 Å². The molecule has 0 aliphatic rings. The van der Waals surface area contributed by atoms with Crippen LogP contribution in [0.25, 0.3) is 0 Å². The zero-order chi connectivity index (χ0) is 11.3. The van der Waals surface area contributed by atoms with E-state index in [1.165, 1.54) is 6.20 Å². The molecule has 1 aromatic heterocycles. The van der Waals surface area contributed by atoms with Gasteiger partial charge < -0.3 is 10.5 Å². The third kappa shape index (κ3) is 3.25. The maximum atomic E-state index is 11.1. The second-order valence-electron chi connectivity index (χ2n) is 2.58. The number of amidine groups is 1. The Morgan fingerprint density at radius 1 is 1.73 bits per heavy atom. The number of ether oxygens (including phenoxy) is 1. The monoisotopic (exact) mass is 225 g/mol. The topological polar surface area (TPSA) is 77.6 Å². The van der Waals surface area contributed by atoms with Crippen molar-refractivity contribution >= 4 is 30.1 Å². The average Bonchev–Trinajstić information content (AvgIpc) is 2.21. The molecule has 0 bridgehead atoms. The van der Waals surface area contributed by atoms with Gasteiger partial charge in [-0.2, -0.15) is 0 Å². The fourth-order valence-electron chi connectivity index (χ4n) is 0.845. The minimum Gasteiger partial charge on any atom is -0.460 e. The summed E-state index contributed by atoms with van der Waals surface area (Å²) in [6.07, 6.45) is 3.04. The van der Waals surface area contributed by atoms with Crippen LogP contribution in [0.4, 0.5) is 5.69 Å². The number of thiol groups is 1. The van der Waals surface area contributed by atoms with Gasteiger partial charge in [-0.15, -0.1) is 12.6 Å². The molecule has 0 saturated carbocycles. The lowest BCUT2D eigenvalue weighted by molar-refractivity contribution is -0.135. The number of esters is 1. The van der Waals surface area contributed by atoms with E-state index in [4.69, 9.17) is 5.73 Å². The van der Waals surface area contributed by atoms with Crippen LogP contribution in [0.3, 0.4) is 0 Å². The largest absolute Gasteiger partial charge is 0.460 e. The van der Waals surface area contributed by atoms with Crippen molar-refractivity contribution in [2.45, 2.75) is 11.8 Å². The predicted octanol–water partition coefficient (Wildman–Crippen LogP) is 0.922. The Labute approximate surface area is 92.8 Å². The fourth-order valence-corrected chi connectivity index (χ4v) is 1.02. The summed E-state index contributed by atoms with van der Waals surface area (Å²) >= 11 is 4.14. The zero-order valence-corrected chi connectivity index (χ0v) is 9.07. The van der Waals surface area contributed by atoms with E-state index >= 15 is 0 Å². The van der Waals surface area contributed by atoms with Gasteiger partial charge in [-0.05, 0) is 13.0 Å². The lowest BCUT2D eigenvalue weighted by Gasteiger charge is -2.01. The van der Waals surface area contributed by atoms with Gasteiger partial charge in [0, 0.05) is 11.1 Å². The van der Waals surface area contributed by atoms with E-state index < -0.39 is 5.97 Å². The highest BCUT2D eigenvalue weighted by Crippen LogP contribution is 2.20. The number of carbonyl (C=O) groups is 1. The number of pyridine rings is 1. The maximum absolute atomic E-state index is 11.1. The molecule has 0 amide bonds. The number of aromatic nitrogens is 1. The Morgan fingerprint density at radius 2 is 2.47 bits per heavy atom. The highest BCUT2D eigenvalue weighted by atomic mass is 32.1. The highest BCUT2D eigenvalue weighted by Gasteiger charge is 2.08. The molecule has 0 unspecified atom stereocenters. The van der Waals surface area contributed by atoms with Crippen molar-refractivity contribution in [2.24, 2.45) is 10.7 Å². The van der Waals surface area contributed by atoms with E-state index in [-0.39, 0.29) is 12.4 Å². The standard InChI is InChI=1S/C9H11N3O2S/c1-2-14-9(13)8(10)12-6-5-11-4-3-7(6)15/h3-5H,2H2,1H3,(H2,10,12)(H,11,15). The van der Waals surface area contributed by atoms with E-state index in [9.17, 15) is 4.79 Å². The second-order valence-corrected chi connectivity index (χ2v) is 3.06. The summed E-state index contributed by atoms with van der Waals surface area (Å²) < 4.78 is 4.68. The average molecular weight is 225 g/mol. The number of hydrogen-bond acceptors (Lipinski definition) is 5. The number of hydrogen-bond donors (Lipinski definition) is 2. The van der Waals surface area contributed by atoms with Gasteiger partial charge in [-0.25, -0.2) is 9.79 Å². The maximum Gasteiger partial charge on any atom is 0.373 e. The van der Waals surface area contributed by atoms with Crippen LogP contribution in [0.5, 0.6) is 0 Å². The summed E-state index contributed by atoms with van der Waals surface area (Å²) in [6, 6.07) is 1.65. The smallest absolute Gasteiger partial charge is 0.373 e. The molecule has 5 nitrogen and oxygen atoms in total. The number of nitrogens with two attached hydrogens (primary N) is 1. The molecule has 0 saturated heterocycles. The molecule has 1 heterocycles. The molecule has 2 N–H and O–H groups in total. The van der Waals surface area contributed by atoms with Crippen LogP contribution in [-0.2, 0) is 9.53 Å². The summed E-state index contributed by atoms with van der Waals surface area (Å²) in [7, 11) is 0. The van der Waals surface area contributed by atoms with Crippen LogP contribution in [0, 0.1) is 0 Å². The number of nitrogens with zero attached hydrogens (tertiary/aromatic N) is 2.